The summed E-state index contributed by atoms with van der Waals surface area (Å²) in [5.74, 6) is 0. The Labute approximate surface area is 75.8 Å². The fourth-order valence-electron chi connectivity index (χ4n) is 1.51. The van der Waals surface area contributed by atoms with Crippen LogP contribution in [-0.2, 0) is 4.32 Å². The second-order valence-electron chi connectivity index (χ2n) is 3.18. The molecule has 0 atom stereocenters. The summed E-state index contributed by atoms with van der Waals surface area (Å²) in [5, 5.41) is 0. The Balaban J connectivity index is 2.29. The Kier molecular flexibility index (Phi) is 1.76. The van der Waals surface area contributed by atoms with Crippen molar-refractivity contribution in [3.05, 3.63) is 35.9 Å². The van der Waals surface area contributed by atoms with E-state index in [1.165, 1.54) is 24.8 Å². The molecule has 0 heterocycles. The molecule has 1 aromatic rings. The van der Waals surface area contributed by atoms with Crippen LogP contribution in [-0.4, -0.2) is 0 Å². The SMILES string of the molecule is BrC1(c2ccccc2)CCC1. The van der Waals surface area contributed by atoms with Crippen molar-refractivity contribution in [1.29, 1.82) is 0 Å². The van der Waals surface area contributed by atoms with Crippen molar-refractivity contribution in [2.75, 3.05) is 0 Å². The first-order chi connectivity index (χ1) is 5.31. The predicted molar refractivity (Wildman–Crippen MR) is 50.9 cm³/mol. The third-order valence-electron chi connectivity index (χ3n) is 2.44. The molecule has 1 aliphatic rings. The zero-order chi connectivity index (χ0) is 7.73. The maximum Gasteiger partial charge on any atom is 0.0506 e. The third-order valence-corrected chi connectivity index (χ3v) is 3.69. The van der Waals surface area contributed by atoms with Gasteiger partial charge < -0.3 is 0 Å². The lowest BCUT2D eigenvalue weighted by atomic mass is 9.80. The monoisotopic (exact) mass is 210 g/mol. The van der Waals surface area contributed by atoms with Crippen molar-refractivity contribution in [3.8, 4) is 0 Å². The highest BCUT2D eigenvalue weighted by Gasteiger charge is 2.35. The summed E-state index contributed by atoms with van der Waals surface area (Å²) in [6, 6.07) is 10.7. The van der Waals surface area contributed by atoms with Gasteiger partial charge in [-0.2, -0.15) is 0 Å². The van der Waals surface area contributed by atoms with Crippen LogP contribution in [0.5, 0.6) is 0 Å². The average molecular weight is 211 g/mol. The molecule has 2 rings (SSSR count). The van der Waals surface area contributed by atoms with E-state index in [1.807, 2.05) is 0 Å². The minimum atomic E-state index is 0.328. The number of halogens is 1. The molecule has 1 heteroatoms. The molecular weight excluding hydrogens is 200 g/mol. The van der Waals surface area contributed by atoms with Crippen molar-refractivity contribution < 1.29 is 0 Å². The molecule has 58 valence electrons. The lowest BCUT2D eigenvalue weighted by Crippen LogP contribution is -2.26. The van der Waals surface area contributed by atoms with E-state index in [-0.39, 0.29) is 0 Å². The number of hydrogen-bond donors (Lipinski definition) is 0. The molecule has 0 N–H and O–H groups in total. The molecule has 0 unspecified atom stereocenters. The number of benzene rings is 1. The predicted octanol–water partition coefficient (Wildman–Crippen LogP) is 3.46. The topological polar surface area (TPSA) is 0 Å². The van der Waals surface area contributed by atoms with Gasteiger partial charge in [-0.1, -0.05) is 46.3 Å². The Morgan fingerprint density at radius 1 is 1.09 bits per heavy atom. The van der Waals surface area contributed by atoms with Crippen molar-refractivity contribution in [3.63, 3.8) is 0 Å². The number of rotatable bonds is 1. The fraction of sp³-hybridized carbons (Fsp3) is 0.400. The second kappa shape index (κ2) is 2.63. The van der Waals surface area contributed by atoms with Gasteiger partial charge in [-0.25, -0.2) is 0 Å². The van der Waals surface area contributed by atoms with Crippen molar-refractivity contribution in [1.82, 2.24) is 0 Å². The highest BCUT2D eigenvalue weighted by atomic mass is 79.9. The van der Waals surface area contributed by atoms with E-state index in [0.717, 1.165) is 0 Å². The Morgan fingerprint density at radius 2 is 1.73 bits per heavy atom. The molecule has 1 aromatic carbocycles. The van der Waals surface area contributed by atoms with Crippen molar-refractivity contribution in [2.45, 2.75) is 23.6 Å². The molecule has 0 amide bonds. The van der Waals surface area contributed by atoms with E-state index in [4.69, 9.17) is 0 Å². The van der Waals surface area contributed by atoms with Gasteiger partial charge >= 0.3 is 0 Å². The van der Waals surface area contributed by atoms with Gasteiger partial charge in [0.05, 0.1) is 4.32 Å². The maximum absolute atomic E-state index is 3.78. The lowest BCUT2D eigenvalue weighted by molar-refractivity contribution is 0.383. The molecule has 1 fully saturated rings. The summed E-state index contributed by atoms with van der Waals surface area (Å²) in [4.78, 5) is 0. The van der Waals surface area contributed by atoms with Gasteiger partial charge in [0.15, 0.2) is 0 Å². The van der Waals surface area contributed by atoms with E-state index < -0.39 is 0 Å². The summed E-state index contributed by atoms with van der Waals surface area (Å²) < 4.78 is 0.328. The van der Waals surface area contributed by atoms with Crippen molar-refractivity contribution >= 4 is 15.9 Å². The molecule has 1 saturated carbocycles. The van der Waals surface area contributed by atoms with E-state index in [0.29, 0.717) is 4.32 Å². The van der Waals surface area contributed by atoms with Crippen LogP contribution in [0.1, 0.15) is 24.8 Å². The molecule has 0 radical (unpaired) electrons. The zero-order valence-corrected chi connectivity index (χ0v) is 7.97. The smallest absolute Gasteiger partial charge is 0.0506 e. The van der Waals surface area contributed by atoms with Crippen LogP contribution in [0.15, 0.2) is 30.3 Å². The van der Waals surface area contributed by atoms with Crippen molar-refractivity contribution in [2.24, 2.45) is 0 Å². The first-order valence-electron chi connectivity index (χ1n) is 4.06. The van der Waals surface area contributed by atoms with Gasteiger partial charge in [0.25, 0.3) is 0 Å². The van der Waals surface area contributed by atoms with Crippen LogP contribution in [0, 0.1) is 0 Å². The molecule has 11 heavy (non-hydrogen) atoms. The van der Waals surface area contributed by atoms with E-state index in [9.17, 15) is 0 Å². The number of hydrogen-bond acceptors (Lipinski definition) is 0. The Bertz CT molecular complexity index is 236. The standard InChI is InChI=1S/C10H11Br/c11-10(7-4-8-10)9-5-2-1-3-6-9/h1-3,5-6H,4,7-8H2. The summed E-state index contributed by atoms with van der Waals surface area (Å²) in [5.41, 5.74) is 1.44. The second-order valence-corrected chi connectivity index (χ2v) is 4.70. The summed E-state index contributed by atoms with van der Waals surface area (Å²) in [7, 11) is 0. The summed E-state index contributed by atoms with van der Waals surface area (Å²) in [6.07, 6.45) is 3.94. The van der Waals surface area contributed by atoms with Crippen LogP contribution < -0.4 is 0 Å². The first-order valence-corrected chi connectivity index (χ1v) is 4.85. The van der Waals surface area contributed by atoms with Gasteiger partial charge in [0, 0.05) is 0 Å². The van der Waals surface area contributed by atoms with Gasteiger partial charge in [0.2, 0.25) is 0 Å². The van der Waals surface area contributed by atoms with Crippen LogP contribution in [0.25, 0.3) is 0 Å². The fourth-order valence-corrected chi connectivity index (χ4v) is 2.34. The molecule has 0 nitrogen and oxygen atoms in total. The van der Waals surface area contributed by atoms with Gasteiger partial charge in [-0.05, 0) is 24.8 Å². The van der Waals surface area contributed by atoms with E-state index in [1.54, 1.807) is 0 Å². The molecular formula is C10H11Br. The molecule has 0 aromatic heterocycles. The molecule has 0 saturated heterocycles. The van der Waals surface area contributed by atoms with Crippen LogP contribution in [0.2, 0.25) is 0 Å². The molecule has 0 aliphatic heterocycles. The average Bonchev–Trinajstić information content (AvgIpc) is 2.02. The molecule has 0 spiro atoms. The Morgan fingerprint density at radius 3 is 2.18 bits per heavy atom. The quantitative estimate of drug-likeness (QED) is 0.624. The van der Waals surface area contributed by atoms with Gasteiger partial charge in [0.1, 0.15) is 0 Å². The number of alkyl halides is 1. The van der Waals surface area contributed by atoms with Crippen LogP contribution >= 0.6 is 15.9 Å². The van der Waals surface area contributed by atoms with Crippen LogP contribution in [0.3, 0.4) is 0 Å². The zero-order valence-electron chi connectivity index (χ0n) is 6.39. The highest BCUT2D eigenvalue weighted by molar-refractivity contribution is 9.09. The van der Waals surface area contributed by atoms with Crippen LogP contribution in [0.4, 0.5) is 0 Å². The lowest BCUT2D eigenvalue weighted by Gasteiger charge is -2.36. The minimum absolute atomic E-state index is 0.328. The van der Waals surface area contributed by atoms with E-state index in [2.05, 4.69) is 46.3 Å². The maximum atomic E-state index is 3.78. The van der Waals surface area contributed by atoms with Gasteiger partial charge in [-0.15, -0.1) is 0 Å². The van der Waals surface area contributed by atoms with Gasteiger partial charge in [-0.3, -0.25) is 0 Å². The molecule has 1 aliphatic carbocycles. The highest BCUT2D eigenvalue weighted by Crippen LogP contribution is 2.48. The largest absolute Gasteiger partial charge is 0.0801 e. The first kappa shape index (κ1) is 7.35. The Hall–Kier alpha value is -0.300. The summed E-state index contributed by atoms with van der Waals surface area (Å²) in [6.45, 7) is 0. The molecule has 0 bridgehead atoms. The van der Waals surface area contributed by atoms with E-state index >= 15 is 0 Å². The minimum Gasteiger partial charge on any atom is -0.0801 e. The summed E-state index contributed by atoms with van der Waals surface area (Å²) >= 11 is 3.78. The third kappa shape index (κ3) is 1.22. The normalized spacial score (nSPS) is 20.8.